The average molecular weight is 304 g/mol. The van der Waals surface area contributed by atoms with Crippen molar-refractivity contribution in [3.8, 4) is 5.75 Å². The van der Waals surface area contributed by atoms with E-state index in [4.69, 9.17) is 0 Å². The molecule has 1 rings (SSSR count). The molecule has 14 heavy (non-hydrogen) atoms. The van der Waals surface area contributed by atoms with Crippen molar-refractivity contribution in [2.24, 2.45) is 0 Å². The van der Waals surface area contributed by atoms with Gasteiger partial charge in [0.05, 0.1) is 3.57 Å². The Morgan fingerprint density at radius 3 is 2.07 bits per heavy atom. The van der Waals surface area contributed by atoms with Gasteiger partial charge in [0.25, 0.3) is 0 Å². The lowest BCUT2D eigenvalue weighted by molar-refractivity contribution is 0.459. The fourth-order valence-corrected chi connectivity index (χ4v) is 2.18. The van der Waals surface area contributed by atoms with Crippen LogP contribution in [0.3, 0.4) is 0 Å². The van der Waals surface area contributed by atoms with Gasteiger partial charge in [0.15, 0.2) is 0 Å². The molecule has 0 unspecified atom stereocenters. The minimum atomic E-state index is 0.377. The Bertz CT molecular complexity index is 329. The van der Waals surface area contributed by atoms with E-state index in [1.165, 1.54) is 5.56 Å². The summed E-state index contributed by atoms with van der Waals surface area (Å²) in [4.78, 5) is 0. The van der Waals surface area contributed by atoms with Crippen molar-refractivity contribution in [3.63, 3.8) is 0 Å². The van der Waals surface area contributed by atoms with Gasteiger partial charge in [-0.15, -0.1) is 0 Å². The molecule has 0 spiro atoms. The van der Waals surface area contributed by atoms with E-state index in [0.29, 0.717) is 17.6 Å². The molecule has 0 atom stereocenters. The van der Waals surface area contributed by atoms with Gasteiger partial charge in [-0.25, -0.2) is 0 Å². The van der Waals surface area contributed by atoms with E-state index < -0.39 is 0 Å². The lowest BCUT2D eigenvalue weighted by atomic mass is 9.90. The molecule has 0 radical (unpaired) electrons. The monoisotopic (exact) mass is 304 g/mol. The number of halogens is 1. The Morgan fingerprint density at radius 1 is 1.07 bits per heavy atom. The minimum Gasteiger partial charge on any atom is -0.507 e. The second-order valence-electron chi connectivity index (χ2n) is 4.21. The number of rotatable bonds is 2. The van der Waals surface area contributed by atoms with Crippen LogP contribution in [0, 0.1) is 3.57 Å². The Morgan fingerprint density at radius 2 is 1.64 bits per heavy atom. The fourth-order valence-electron chi connectivity index (χ4n) is 1.71. The van der Waals surface area contributed by atoms with Crippen molar-refractivity contribution < 1.29 is 5.11 Å². The summed E-state index contributed by atoms with van der Waals surface area (Å²) in [7, 11) is 0. The van der Waals surface area contributed by atoms with Crippen LogP contribution in [0.15, 0.2) is 12.1 Å². The first kappa shape index (κ1) is 11.8. The zero-order valence-electron chi connectivity index (χ0n) is 9.13. The van der Waals surface area contributed by atoms with Gasteiger partial charge in [-0.3, -0.25) is 0 Å². The molecule has 0 saturated carbocycles. The standard InChI is InChI=1S/C12H17IO/c1-7(2)9-5-6-10(13)12(14)11(9)8(3)4/h5-8,14H,1-4H3. The highest BCUT2D eigenvalue weighted by Crippen LogP contribution is 2.36. The van der Waals surface area contributed by atoms with E-state index in [9.17, 15) is 5.11 Å². The first-order chi connectivity index (χ1) is 6.45. The quantitative estimate of drug-likeness (QED) is 0.810. The molecule has 0 bridgehead atoms. The molecule has 1 aromatic carbocycles. The van der Waals surface area contributed by atoms with E-state index in [1.54, 1.807) is 0 Å². The van der Waals surface area contributed by atoms with Crippen LogP contribution in [-0.2, 0) is 0 Å². The average Bonchev–Trinajstić information content (AvgIpc) is 2.08. The van der Waals surface area contributed by atoms with Gasteiger partial charge >= 0.3 is 0 Å². The molecule has 0 aliphatic heterocycles. The van der Waals surface area contributed by atoms with Crippen molar-refractivity contribution in [2.75, 3.05) is 0 Å². The number of benzene rings is 1. The van der Waals surface area contributed by atoms with Crippen molar-refractivity contribution in [3.05, 3.63) is 26.8 Å². The Balaban J connectivity index is 3.38. The van der Waals surface area contributed by atoms with Crippen molar-refractivity contribution >= 4 is 22.6 Å². The molecule has 0 aliphatic rings. The molecular formula is C12H17IO. The SMILES string of the molecule is CC(C)c1ccc(I)c(O)c1C(C)C. The number of aromatic hydroxyl groups is 1. The van der Waals surface area contributed by atoms with Crippen LogP contribution in [0.1, 0.15) is 50.7 Å². The van der Waals surface area contributed by atoms with E-state index >= 15 is 0 Å². The summed E-state index contributed by atoms with van der Waals surface area (Å²) in [6.45, 7) is 8.56. The van der Waals surface area contributed by atoms with Gasteiger partial charge in [-0.2, -0.15) is 0 Å². The second kappa shape index (κ2) is 4.51. The number of phenols is 1. The number of hydrogen-bond donors (Lipinski definition) is 1. The predicted molar refractivity (Wildman–Crippen MR) is 69.0 cm³/mol. The van der Waals surface area contributed by atoms with Crippen LogP contribution in [0.2, 0.25) is 0 Å². The maximum Gasteiger partial charge on any atom is 0.132 e. The number of hydrogen-bond acceptors (Lipinski definition) is 1. The van der Waals surface area contributed by atoms with E-state index in [2.05, 4.69) is 56.4 Å². The molecule has 1 N–H and O–H groups in total. The van der Waals surface area contributed by atoms with Gasteiger partial charge in [0, 0.05) is 5.56 Å². The molecule has 78 valence electrons. The summed E-state index contributed by atoms with van der Waals surface area (Å²) in [5.41, 5.74) is 2.37. The van der Waals surface area contributed by atoms with Crippen LogP contribution in [0.5, 0.6) is 5.75 Å². The topological polar surface area (TPSA) is 20.2 Å². The third kappa shape index (κ3) is 2.22. The third-order valence-electron chi connectivity index (χ3n) is 2.40. The molecule has 1 aromatic rings. The zero-order chi connectivity index (χ0) is 10.9. The molecule has 0 aliphatic carbocycles. The van der Waals surface area contributed by atoms with Crippen LogP contribution in [0.25, 0.3) is 0 Å². The summed E-state index contributed by atoms with van der Waals surface area (Å²) < 4.78 is 0.940. The molecular weight excluding hydrogens is 287 g/mol. The summed E-state index contributed by atoms with van der Waals surface area (Å²) in [5, 5.41) is 9.99. The lowest BCUT2D eigenvalue weighted by Gasteiger charge is -2.18. The minimum absolute atomic E-state index is 0.377. The second-order valence-corrected chi connectivity index (χ2v) is 5.37. The van der Waals surface area contributed by atoms with Crippen molar-refractivity contribution in [2.45, 2.75) is 39.5 Å². The summed E-state index contributed by atoms with van der Waals surface area (Å²) in [5.74, 6) is 1.31. The van der Waals surface area contributed by atoms with E-state index in [0.717, 1.165) is 9.13 Å². The van der Waals surface area contributed by atoms with Crippen LogP contribution in [-0.4, -0.2) is 5.11 Å². The zero-order valence-corrected chi connectivity index (χ0v) is 11.3. The molecule has 0 heterocycles. The van der Waals surface area contributed by atoms with Gasteiger partial charge in [0.2, 0.25) is 0 Å². The third-order valence-corrected chi connectivity index (χ3v) is 3.27. The predicted octanol–water partition coefficient (Wildman–Crippen LogP) is 4.24. The van der Waals surface area contributed by atoms with Gasteiger partial charge in [0.1, 0.15) is 5.75 Å². The maximum atomic E-state index is 9.99. The Kier molecular flexibility index (Phi) is 3.81. The summed E-state index contributed by atoms with van der Waals surface area (Å²) >= 11 is 2.17. The van der Waals surface area contributed by atoms with E-state index in [-0.39, 0.29) is 0 Å². The first-order valence-electron chi connectivity index (χ1n) is 4.96. The fraction of sp³-hybridized carbons (Fsp3) is 0.500. The van der Waals surface area contributed by atoms with Crippen LogP contribution >= 0.6 is 22.6 Å². The normalized spacial score (nSPS) is 11.4. The first-order valence-corrected chi connectivity index (χ1v) is 6.04. The van der Waals surface area contributed by atoms with Crippen LogP contribution < -0.4 is 0 Å². The maximum absolute atomic E-state index is 9.99. The smallest absolute Gasteiger partial charge is 0.132 e. The highest BCUT2D eigenvalue weighted by Gasteiger charge is 2.15. The van der Waals surface area contributed by atoms with Crippen molar-refractivity contribution in [1.29, 1.82) is 0 Å². The largest absolute Gasteiger partial charge is 0.507 e. The number of phenolic OH excluding ortho intramolecular Hbond substituents is 1. The molecule has 2 heteroatoms. The van der Waals surface area contributed by atoms with Gasteiger partial charge < -0.3 is 5.11 Å². The van der Waals surface area contributed by atoms with Crippen molar-refractivity contribution in [1.82, 2.24) is 0 Å². The van der Waals surface area contributed by atoms with Gasteiger partial charge in [-0.1, -0.05) is 33.8 Å². The van der Waals surface area contributed by atoms with Gasteiger partial charge in [-0.05, 0) is 46.1 Å². The molecule has 0 amide bonds. The lowest BCUT2D eigenvalue weighted by Crippen LogP contribution is -2.00. The molecule has 0 fully saturated rings. The summed E-state index contributed by atoms with van der Waals surface area (Å²) in [6.07, 6.45) is 0. The summed E-state index contributed by atoms with van der Waals surface area (Å²) in [6, 6.07) is 4.11. The molecule has 0 aromatic heterocycles. The highest BCUT2D eigenvalue weighted by atomic mass is 127. The van der Waals surface area contributed by atoms with E-state index in [1.807, 2.05) is 6.07 Å². The Labute approximate surface area is 99.7 Å². The molecule has 0 saturated heterocycles. The molecule has 1 nitrogen and oxygen atoms in total. The van der Waals surface area contributed by atoms with Crippen LogP contribution in [0.4, 0.5) is 0 Å². The highest BCUT2D eigenvalue weighted by molar-refractivity contribution is 14.1. The Hall–Kier alpha value is -0.250.